The summed E-state index contributed by atoms with van der Waals surface area (Å²) >= 11 is 5.96. The quantitative estimate of drug-likeness (QED) is 0.695. The van der Waals surface area contributed by atoms with E-state index >= 15 is 0 Å². The fraction of sp³-hybridized carbons (Fsp3) is 0.111. The lowest BCUT2D eigenvalue weighted by atomic mass is 10.2. The van der Waals surface area contributed by atoms with Crippen LogP contribution in [0.4, 0.5) is 0 Å². The molecule has 0 N–H and O–H groups in total. The van der Waals surface area contributed by atoms with Crippen molar-refractivity contribution in [2.45, 2.75) is 6.92 Å². The van der Waals surface area contributed by atoms with Crippen LogP contribution in [0.3, 0.4) is 0 Å². The van der Waals surface area contributed by atoms with E-state index in [9.17, 15) is 14.7 Å². The van der Waals surface area contributed by atoms with E-state index in [0.29, 0.717) is 10.8 Å². The molecule has 25 heavy (non-hydrogen) atoms. The zero-order chi connectivity index (χ0) is 18.0. The van der Waals surface area contributed by atoms with Crippen LogP contribution >= 0.6 is 11.6 Å². The fourth-order valence-corrected chi connectivity index (χ4v) is 2.32. The second-order valence-electron chi connectivity index (χ2n) is 5.26. The Morgan fingerprint density at radius 2 is 1.96 bits per heavy atom. The molecule has 0 fully saturated rings. The Bertz CT molecular complexity index is 1010. The maximum Gasteiger partial charge on any atom is 0.235 e. The number of benzene rings is 2. The number of carbonyl (C=O) groups excluding carboxylic acids is 1. The van der Waals surface area contributed by atoms with Gasteiger partial charge in [0.25, 0.3) is 0 Å². The Kier molecular flexibility index (Phi) is 4.63. The molecule has 1 heterocycles. The van der Waals surface area contributed by atoms with Crippen LogP contribution in [0.1, 0.15) is 5.56 Å². The van der Waals surface area contributed by atoms with Crippen LogP contribution in [0.15, 0.2) is 51.9 Å². The van der Waals surface area contributed by atoms with Crippen LogP contribution in [-0.2, 0) is 4.79 Å². The van der Waals surface area contributed by atoms with Gasteiger partial charge < -0.3 is 23.8 Å². The Hall–Kier alpha value is -2.99. The number of carboxylic acid groups (broad SMARTS) is 1. The Balaban J connectivity index is 1.91. The number of fused-ring (bicyclic) bond motifs is 1. The molecule has 2 aromatic carbocycles. The molecule has 6 nitrogen and oxygen atoms in total. The highest BCUT2D eigenvalue weighted by atomic mass is 35.5. The summed E-state index contributed by atoms with van der Waals surface area (Å²) < 4.78 is 16.0. The molecule has 3 rings (SSSR count). The summed E-state index contributed by atoms with van der Waals surface area (Å²) in [7, 11) is 0. The van der Waals surface area contributed by atoms with E-state index in [2.05, 4.69) is 0 Å². The van der Waals surface area contributed by atoms with Gasteiger partial charge in [0.2, 0.25) is 11.2 Å². The van der Waals surface area contributed by atoms with E-state index in [4.69, 9.17) is 25.5 Å². The molecule has 0 aliphatic carbocycles. The molecule has 1 aromatic heterocycles. The van der Waals surface area contributed by atoms with E-state index in [-0.39, 0.29) is 27.9 Å². The predicted octanol–water partition coefficient (Wildman–Crippen LogP) is 2.68. The first-order chi connectivity index (χ1) is 11.9. The molecule has 0 atom stereocenters. The largest absolute Gasteiger partial charge is 0.546 e. The van der Waals surface area contributed by atoms with Gasteiger partial charge in [-0.25, -0.2) is 0 Å². The number of carboxylic acids is 1. The molecule has 0 unspecified atom stereocenters. The average Bonchev–Trinajstić information content (AvgIpc) is 2.58. The van der Waals surface area contributed by atoms with Crippen molar-refractivity contribution in [2.24, 2.45) is 0 Å². The summed E-state index contributed by atoms with van der Waals surface area (Å²) in [5.74, 6) is -0.606. The lowest BCUT2D eigenvalue weighted by molar-refractivity contribution is -0.307. The Morgan fingerprint density at radius 1 is 1.20 bits per heavy atom. The van der Waals surface area contributed by atoms with Crippen molar-refractivity contribution >= 4 is 28.5 Å². The second kappa shape index (κ2) is 6.86. The van der Waals surface area contributed by atoms with Crippen molar-refractivity contribution in [1.82, 2.24) is 0 Å². The zero-order valence-corrected chi connectivity index (χ0v) is 13.8. The van der Waals surface area contributed by atoms with E-state index in [1.165, 1.54) is 24.5 Å². The second-order valence-corrected chi connectivity index (χ2v) is 5.67. The molecule has 0 bridgehead atoms. The highest BCUT2D eigenvalue weighted by Crippen LogP contribution is 2.26. The third-order valence-electron chi connectivity index (χ3n) is 3.43. The van der Waals surface area contributed by atoms with Crippen LogP contribution in [0.2, 0.25) is 5.02 Å². The SMILES string of the molecule is Cc1cc(Oc2coc3cc(OCC(=O)[O-])ccc3c2=O)ccc1Cl. The molecule has 0 saturated heterocycles. The highest BCUT2D eigenvalue weighted by molar-refractivity contribution is 6.31. The van der Waals surface area contributed by atoms with Gasteiger partial charge in [-0.3, -0.25) is 4.79 Å². The number of rotatable bonds is 5. The first-order valence-electron chi connectivity index (χ1n) is 7.26. The molecule has 0 aliphatic heterocycles. The van der Waals surface area contributed by atoms with Gasteiger partial charge in [-0.1, -0.05) is 11.6 Å². The monoisotopic (exact) mass is 359 g/mol. The van der Waals surface area contributed by atoms with Crippen molar-refractivity contribution < 1.29 is 23.8 Å². The molecule has 0 spiro atoms. The van der Waals surface area contributed by atoms with E-state index in [1.807, 2.05) is 6.92 Å². The van der Waals surface area contributed by atoms with Crippen LogP contribution in [0, 0.1) is 6.92 Å². The molecule has 0 aliphatic rings. The Morgan fingerprint density at radius 3 is 2.68 bits per heavy atom. The van der Waals surface area contributed by atoms with Gasteiger partial charge >= 0.3 is 0 Å². The summed E-state index contributed by atoms with van der Waals surface area (Å²) in [4.78, 5) is 22.9. The average molecular weight is 360 g/mol. The minimum Gasteiger partial charge on any atom is -0.546 e. The van der Waals surface area contributed by atoms with Gasteiger partial charge in [-0.05, 0) is 42.8 Å². The van der Waals surface area contributed by atoms with Gasteiger partial charge in [-0.2, -0.15) is 0 Å². The summed E-state index contributed by atoms with van der Waals surface area (Å²) in [5, 5.41) is 11.3. The zero-order valence-electron chi connectivity index (χ0n) is 13.1. The molecule has 0 radical (unpaired) electrons. The minimum atomic E-state index is -1.34. The van der Waals surface area contributed by atoms with E-state index in [1.54, 1.807) is 18.2 Å². The molecular weight excluding hydrogens is 348 g/mol. The predicted molar refractivity (Wildman–Crippen MR) is 89.2 cm³/mol. The Labute approximate surface area is 147 Å². The van der Waals surface area contributed by atoms with Crippen LogP contribution in [-0.4, -0.2) is 12.6 Å². The van der Waals surface area contributed by atoms with Gasteiger partial charge in [0.15, 0.2) is 0 Å². The first kappa shape index (κ1) is 16.9. The minimum absolute atomic E-state index is 0.0256. The molecule has 0 amide bonds. The van der Waals surface area contributed by atoms with Gasteiger partial charge in [0, 0.05) is 11.1 Å². The van der Waals surface area contributed by atoms with Crippen LogP contribution in [0.25, 0.3) is 11.0 Å². The van der Waals surface area contributed by atoms with Crippen molar-refractivity contribution in [3.63, 3.8) is 0 Å². The van der Waals surface area contributed by atoms with Crippen LogP contribution < -0.4 is 20.0 Å². The topological polar surface area (TPSA) is 88.8 Å². The maximum atomic E-state index is 12.5. The maximum absolute atomic E-state index is 12.5. The fourth-order valence-electron chi connectivity index (χ4n) is 2.20. The molecule has 0 saturated carbocycles. The third kappa shape index (κ3) is 3.75. The van der Waals surface area contributed by atoms with Gasteiger partial charge in [0.05, 0.1) is 11.4 Å². The number of ether oxygens (including phenoxy) is 2. The smallest absolute Gasteiger partial charge is 0.235 e. The first-order valence-corrected chi connectivity index (χ1v) is 7.64. The van der Waals surface area contributed by atoms with Crippen molar-refractivity contribution in [2.75, 3.05) is 6.61 Å². The van der Waals surface area contributed by atoms with Crippen molar-refractivity contribution in [3.05, 3.63) is 63.5 Å². The normalized spacial score (nSPS) is 10.6. The number of aliphatic carboxylic acids is 1. The molecule has 3 aromatic rings. The molecule has 128 valence electrons. The van der Waals surface area contributed by atoms with Gasteiger partial charge in [0.1, 0.15) is 30.0 Å². The lowest BCUT2D eigenvalue weighted by Crippen LogP contribution is -2.28. The summed E-state index contributed by atoms with van der Waals surface area (Å²) in [6.45, 7) is 1.24. The number of carbonyl (C=O) groups is 1. The number of hydrogen-bond donors (Lipinski definition) is 0. The van der Waals surface area contributed by atoms with Crippen molar-refractivity contribution in [1.29, 1.82) is 0 Å². The number of aryl methyl sites for hydroxylation is 1. The van der Waals surface area contributed by atoms with E-state index < -0.39 is 12.6 Å². The van der Waals surface area contributed by atoms with Crippen molar-refractivity contribution in [3.8, 4) is 17.2 Å². The number of hydrogen-bond acceptors (Lipinski definition) is 6. The number of halogens is 1. The van der Waals surface area contributed by atoms with E-state index in [0.717, 1.165) is 5.56 Å². The highest BCUT2D eigenvalue weighted by Gasteiger charge is 2.11. The third-order valence-corrected chi connectivity index (χ3v) is 3.85. The standard InChI is InChI=1S/C18H13ClO6/c1-10-6-12(3-5-14(10)19)25-16-8-24-15-7-11(23-9-17(20)21)2-4-13(15)18(16)22/h2-8H,9H2,1H3,(H,20,21)/p-1. The summed E-state index contributed by atoms with van der Waals surface area (Å²) in [5.41, 5.74) is 0.708. The molecular formula is C18H12ClO6-. The summed E-state index contributed by atoms with van der Waals surface area (Å²) in [6, 6.07) is 9.41. The van der Waals surface area contributed by atoms with Crippen LogP contribution in [0.5, 0.6) is 17.2 Å². The summed E-state index contributed by atoms with van der Waals surface area (Å²) in [6.07, 6.45) is 1.19. The molecule has 7 heteroatoms. The lowest BCUT2D eigenvalue weighted by Gasteiger charge is -2.09. The van der Waals surface area contributed by atoms with Gasteiger partial charge in [-0.15, -0.1) is 0 Å².